The molecule has 1 rings (SSSR count). The first kappa shape index (κ1) is 14.9. The van der Waals surface area contributed by atoms with Crippen LogP contribution < -0.4 is 5.32 Å². The zero-order valence-corrected chi connectivity index (χ0v) is 12.2. The normalized spacial score (nSPS) is 12.5. The average molecular weight is 271 g/mol. The Morgan fingerprint density at radius 3 is 2.78 bits per heavy atom. The molecular weight excluding hydrogens is 250 g/mol. The first-order chi connectivity index (χ1) is 8.60. The third-order valence-corrected chi connectivity index (χ3v) is 3.60. The molecule has 1 atom stereocenters. The maximum atomic E-state index is 11.3. The van der Waals surface area contributed by atoms with Gasteiger partial charge in [-0.15, -0.1) is 0 Å². The van der Waals surface area contributed by atoms with Gasteiger partial charge in [-0.2, -0.15) is 0 Å². The van der Waals surface area contributed by atoms with E-state index in [2.05, 4.69) is 40.7 Å². The van der Waals surface area contributed by atoms with Gasteiger partial charge in [-0.05, 0) is 20.0 Å². The average Bonchev–Trinajstić information content (AvgIpc) is 2.83. The maximum Gasteiger partial charge on any atom is 0.349 e. The van der Waals surface area contributed by atoms with E-state index in [9.17, 15) is 4.79 Å². The van der Waals surface area contributed by atoms with Crippen molar-refractivity contribution >= 4 is 22.4 Å². The Bertz CT molecular complexity index is 377. The number of carbonyl (C=O) groups is 1. The fourth-order valence-electron chi connectivity index (χ4n) is 1.66. The van der Waals surface area contributed by atoms with Crippen LogP contribution in [0.25, 0.3) is 0 Å². The second-order valence-electron chi connectivity index (χ2n) is 4.05. The molecule has 0 saturated heterocycles. The summed E-state index contributed by atoms with van der Waals surface area (Å²) in [4.78, 5) is 18.3. The lowest BCUT2D eigenvalue weighted by Crippen LogP contribution is -2.34. The molecule has 1 aromatic heterocycles. The van der Waals surface area contributed by atoms with Crippen LogP contribution >= 0.6 is 11.3 Å². The fraction of sp³-hybridized carbons (Fsp3) is 0.667. The molecule has 0 amide bonds. The van der Waals surface area contributed by atoms with Crippen molar-refractivity contribution < 1.29 is 9.53 Å². The second kappa shape index (κ2) is 7.33. The number of thiazole rings is 1. The summed E-state index contributed by atoms with van der Waals surface area (Å²) in [5.41, 5.74) is 0. The minimum atomic E-state index is -0.336. The highest BCUT2D eigenvalue weighted by molar-refractivity contribution is 7.17. The Labute approximate surface area is 112 Å². The predicted octanol–water partition coefficient (Wildman–Crippen LogP) is 2.07. The van der Waals surface area contributed by atoms with E-state index < -0.39 is 0 Å². The van der Waals surface area contributed by atoms with Crippen molar-refractivity contribution in [1.82, 2.24) is 9.88 Å². The van der Waals surface area contributed by atoms with E-state index in [1.165, 1.54) is 18.4 Å². The molecule has 0 fully saturated rings. The van der Waals surface area contributed by atoms with Gasteiger partial charge in [0, 0.05) is 12.6 Å². The van der Waals surface area contributed by atoms with Gasteiger partial charge in [-0.3, -0.25) is 0 Å². The number of esters is 1. The molecule has 0 spiro atoms. The molecule has 0 aromatic carbocycles. The van der Waals surface area contributed by atoms with Gasteiger partial charge in [0.25, 0.3) is 0 Å². The van der Waals surface area contributed by atoms with Gasteiger partial charge >= 0.3 is 5.97 Å². The topological polar surface area (TPSA) is 54.5 Å². The largest absolute Gasteiger partial charge is 0.465 e. The van der Waals surface area contributed by atoms with Crippen LogP contribution in [0, 0.1) is 0 Å². The third kappa shape index (κ3) is 4.27. The standard InChI is InChI=1S/C12H21N3O2S/c1-5-15(6-2)8-9(3)14-12-13-7-10(18-12)11(16)17-4/h7,9H,5-6,8H2,1-4H3,(H,13,14). The molecular formula is C12H21N3O2S. The summed E-state index contributed by atoms with van der Waals surface area (Å²) in [6.45, 7) is 9.43. The van der Waals surface area contributed by atoms with Gasteiger partial charge in [-0.1, -0.05) is 25.2 Å². The maximum absolute atomic E-state index is 11.3. The molecule has 5 nitrogen and oxygen atoms in total. The molecule has 102 valence electrons. The van der Waals surface area contributed by atoms with Gasteiger partial charge in [0.2, 0.25) is 0 Å². The van der Waals surface area contributed by atoms with Crippen LogP contribution in [0.1, 0.15) is 30.4 Å². The smallest absolute Gasteiger partial charge is 0.349 e. The molecule has 0 bridgehead atoms. The summed E-state index contributed by atoms with van der Waals surface area (Å²) < 4.78 is 4.65. The zero-order valence-electron chi connectivity index (χ0n) is 11.4. The summed E-state index contributed by atoms with van der Waals surface area (Å²) in [5.74, 6) is -0.336. The van der Waals surface area contributed by atoms with Gasteiger partial charge in [0.1, 0.15) is 4.88 Å². The summed E-state index contributed by atoms with van der Waals surface area (Å²) in [5, 5.41) is 4.06. The van der Waals surface area contributed by atoms with E-state index in [-0.39, 0.29) is 5.97 Å². The molecule has 1 heterocycles. The number of likely N-dealkylation sites (N-methyl/N-ethyl adjacent to an activating group) is 1. The molecule has 0 saturated carbocycles. The van der Waals surface area contributed by atoms with Crippen molar-refractivity contribution in [3.63, 3.8) is 0 Å². The highest BCUT2D eigenvalue weighted by atomic mass is 32.1. The lowest BCUT2D eigenvalue weighted by atomic mass is 10.3. The van der Waals surface area contributed by atoms with E-state index >= 15 is 0 Å². The van der Waals surface area contributed by atoms with Crippen LogP contribution in [0.15, 0.2) is 6.20 Å². The monoisotopic (exact) mass is 271 g/mol. The lowest BCUT2D eigenvalue weighted by molar-refractivity contribution is 0.0606. The Morgan fingerprint density at radius 1 is 1.56 bits per heavy atom. The van der Waals surface area contributed by atoms with E-state index in [4.69, 9.17) is 0 Å². The minimum absolute atomic E-state index is 0.293. The van der Waals surface area contributed by atoms with Crippen LogP contribution in [0.3, 0.4) is 0 Å². The number of carbonyl (C=O) groups excluding carboxylic acids is 1. The number of aromatic nitrogens is 1. The van der Waals surface area contributed by atoms with E-state index in [0.29, 0.717) is 10.9 Å². The van der Waals surface area contributed by atoms with Crippen LogP contribution in [0.4, 0.5) is 5.13 Å². The molecule has 1 N–H and O–H groups in total. The predicted molar refractivity (Wildman–Crippen MR) is 74.3 cm³/mol. The van der Waals surface area contributed by atoms with Gasteiger partial charge in [0.05, 0.1) is 13.3 Å². The van der Waals surface area contributed by atoms with Crippen LogP contribution in [0.5, 0.6) is 0 Å². The molecule has 18 heavy (non-hydrogen) atoms. The summed E-state index contributed by atoms with van der Waals surface area (Å²) in [7, 11) is 1.37. The van der Waals surface area contributed by atoms with E-state index in [1.807, 2.05) is 0 Å². The van der Waals surface area contributed by atoms with Crippen molar-refractivity contribution in [3.8, 4) is 0 Å². The number of nitrogens with zero attached hydrogens (tertiary/aromatic N) is 2. The number of nitrogens with one attached hydrogen (secondary N) is 1. The van der Waals surface area contributed by atoms with Crippen molar-refractivity contribution in [1.29, 1.82) is 0 Å². The van der Waals surface area contributed by atoms with E-state index in [0.717, 1.165) is 24.8 Å². The molecule has 1 unspecified atom stereocenters. The van der Waals surface area contributed by atoms with Crippen LogP contribution in [0.2, 0.25) is 0 Å². The van der Waals surface area contributed by atoms with Gasteiger partial charge < -0.3 is 15.0 Å². The van der Waals surface area contributed by atoms with Crippen molar-refractivity contribution in [3.05, 3.63) is 11.1 Å². The quantitative estimate of drug-likeness (QED) is 0.769. The molecule has 1 aromatic rings. The van der Waals surface area contributed by atoms with Gasteiger partial charge in [-0.25, -0.2) is 9.78 Å². The summed E-state index contributed by atoms with van der Waals surface area (Å²) in [6.07, 6.45) is 1.54. The second-order valence-corrected chi connectivity index (χ2v) is 5.08. The highest BCUT2D eigenvalue weighted by Gasteiger charge is 2.13. The molecule has 0 aliphatic heterocycles. The summed E-state index contributed by atoms with van der Waals surface area (Å²) >= 11 is 1.32. The number of hydrogen-bond donors (Lipinski definition) is 1. The Morgan fingerprint density at radius 2 is 2.22 bits per heavy atom. The van der Waals surface area contributed by atoms with Crippen LogP contribution in [-0.4, -0.2) is 48.6 Å². The molecule has 0 aliphatic carbocycles. The van der Waals surface area contributed by atoms with Crippen molar-refractivity contribution in [2.75, 3.05) is 32.1 Å². The number of rotatable bonds is 7. The van der Waals surface area contributed by atoms with Crippen LogP contribution in [-0.2, 0) is 4.74 Å². The van der Waals surface area contributed by atoms with Crippen molar-refractivity contribution in [2.24, 2.45) is 0 Å². The molecule has 0 aliphatic rings. The van der Waals surface area contributed by atoms with E-state index in [1.54, 1.807) is 6.20 Å². The first-order valence-electron chi connectivity index (χ1n) is 6.13. The molecule has 0 radical (unpaired) electrons. The number of ether oxygens (including phenoxy) is 1. The summed E-state index contributed by atoms with van der Waals surface area (Å²) in [6, 6.07) is 0.293. The zero-order chi connectivity index (χ0) is 13.5. The lowest BCUT2D eigenvalue weighted by Gasteiger charge is -2.23. The highest BCUT2D eigenvalue weighted by Crippen LogP contribution is 2.19. The number of hydrogen-bond acceptors (Lipinski definition) is 6. The Kier molecular flexibility index (Phi) is 6.07. The third-order valence-electron chi connectivity index (χ3n) is 2.69. The Hall–Kier alpha value is -1.14. The fourth-order valence-corrected chi connectivity index (χ4v) is 2.51. The minimum Gasteiger partial charge on any atom is -0.465 e. The van der Waals surface area contributed by atoms with Crippen molar-refractivity contribution in [2.45, 2.75) is 26.8 Å². The SMILES string of the molecule is CCN(CC)CC(C)Nc1ncc(C(=O)OC)s1. The number of methoxy groups -OCH3 is 1. The van der Waals surface area contributed by atoms with Gasteiger partial charge in [0.15, 0.2) is 5.13 Å². The first-order valence-corrected chi connectivity index (χ1v) is 6.95. The molecule has 6 heteroatoms. The Balaban J connectivity index is 2.51. The number of anilines is 1.